The minimum atomic E-state index is 0.775. The van der Waals surface area contributed by atoms with Crippen LogP contribution in [0.3, 0.4) is 0 Å². The molecule has 2 aromatic rings. The molecular weight excluding hydrogens is 196 g/mol. The van der Waals surface area contributed by atoms with E-state index in [9.17, 15) is 0 Å². The molecule has 2 rings (SSSR count). The molecule has 0 aliphatic carbocycles. The maximum absolute atomic E-state index is 5.17. The normalized spacial score (nSPS) is 10.1. The highest BCUT2D eigenvalue weighted by Crippen LogP contribution is 2.23. The lowest BCUT2D eigenvalue weighted by atomic mass is 10.0. The standard InChI is InChI=1S/C15H15O/c1-3-12-7-9-13(10-8-12)14-5-4-6-15(11-14)16-2/h4-5,7-11H,3H2,1-2H3. The molecule has 0 amide bonds. The van der Waals surface area contributed by atoms with Crippen molar-refractivity contribution in [2.24, 2.45) is 0 Å². The number of rotatable bonds is 3. The molecule has 0 bridgehead atoms. The summed E-state index contributed by atoms with van der Waals surface area (Å²) in [5.41, 5.74) is 3.74. The van der Waals surface area contributed by atoms with E-state index in [1.54, 1.807) is 7.11 Å². The largest absolute Gasteiger partial charge is 0.496 e. The highest BCUT2D eigenvalue weighted by atomic mass is 16.5. The summed E-state index contributed by atoms with van der Waals surface area (Å²) in [5.74, 6) is 0.775. The fraction of sp³-hybridized carbons (Fsp3) is 0.200. The van der Waals surface area contributed by atoms with Crippen LogP contribution in [0.15, 0.2) is 42.5 Å². The molecule has 0 N–H and O–H groups in total. The summed E-state index contributed by atoms with van der Waals surface area (Å²) in [6, 6.07) is 17.6. The molecule has 0 spiro atoms. The van der Waals surface area contributed by atoms with E-state index >= 15 is 0 Å². The van der Waals surface area contributed by atoms with Crippen LogP contribution in [0.2, 0.25) is 0 Å². The van der Waals surface area contributed by atoms with Crippen molar-refractivity contribution >= 4 is 0 Å². The van der Waals surface area contributed by atoms with Crippen LogP contribution in [0.5, 0.6) is 5.75 Å². The van der Waals surface area contributed by atoms with Gasteiger partial charge in [-0.3, -0.25) is 0 Å². The molecule has 0 aliphatic rings. The van der Waals surface area contributed by atoms with Gasteiger partial charge in [-0.2, -0.15) is 0 Å². The lowest BCUT2D eigenvalue weighted by molar-refractivity contribution is 0.414. The first-order valence-corrected chi connectivity index (χ1v) is 5.48. The summed E-state index contributed by atoms with van der Waals surface area (Å²) in [7, 11) is 1.66. The van der Waals surface area contributed by atoms with E-state index in [0.29, 0.717) is 0 Å². The monoisotopic (exact) mass is 211 g/mol. The van der Waals surface area contributed by atoms with Gasteiger partial charge in [-0.15, -0.1) is 0 Å². The SMILES string of the molecule is CCc1ccc(-c2cc[c]c(OC)c2)cc1. The maximum atomic E-state index is 5.17. The van der Waals surface area contributed by atoms with E-state index in [1.807, 2.05) is 18.2 Å². The van der Waals surface area contributed by atoms with Crippen LogP contribution >= 0.6 is 0 Å². The average Bonchev–Trinajstić information content (AvgIpc) is 2.39. The Morgan fingerprint density at radius 2 is 1.81 bits per heavy atom. The minimum Gasteiger partial charge on any atom is -0.496 e. The molecule has 0 aliphatic heterocycles. The van der Waals surface area contributed by atoms with Crippen LogP contribution in [0, 0.1) is 6.07 Å². The van der Waals surface area contributed by atoms with Crippen molar-refractivity contribution in [3.63, 3.8) is 0 Å². The summed E-state index contributed by atoms with van der Waals surface area (Å²) in [4.78, 5) is 0. The summed E-state index contributed by atoms with van der Waals surface area (Å²) < 4.78 is 5.17. The Bertz CT molecular complexity index is 457. The molecule has 0 saturated heterocycles. The molecule has 1 nitrogen and oxygen atoms in total. The van der Waals surface area contributed by atoms with Crippen molar-refractivity contribution in [2.75, 3.05) is 7.11 Å². The van der Waals surface area contributed by atoms with Crippen molar-refractivity contribution < 1.29 is 4.74 Å². The Hall–Kier alpha value is -1.76. The zero-order valence-corrected chi connectivity index (χ0v) is 9.66. The van der Waals surface area contributed by atoms with E-state index in [-0.39, 0.29) is 0 Å². The molecule has 81 valence electrons. The van der Waals surface area contributed by atoms with Gasteiger partial charge in [0.25, 0.3) is 0 Å². The number of benzene rings is 2. The van der Waals surface area contributed by atoms with Gasteiger partial charge in [-0.1, -0.05) is 37.3 Å². The molecule has 0 fully saturated rings. The van der Waals surface area contributed by atoms with Crippen LogP contribution in [-0.4, -0.2) is 7.11 Å². The van der Waals surface area contributed by atoms with Gasteiger partial charge >= 0.3 is 0 Å². The predicted molar refractivity (Wildman–Crippen MR) is 66.6 cm³/mol. The van der Waals surface area contributed by atoms with Crippen LogP contribution in [-0.2, 0) is 6.42 Å². The summed E-state index contributed by atoms with van der Waals surface area (Å²) in [6.07, 6.45) is 1.08. The second kappa shape index (κ2) is 4.84. The van der Waals surface area contributed by atoms with Gasteiger partial charge in [0, 0.05) is 6.07 Å². The Morgan fingerprint density at radius 3 is 2.44 bits per heavy atom. The van der Waals surface area contributed by atoms with E-state index in [1.165, 1.54) is 16.7 Å². The van der Waals surface area contributed by atoms with Crippen LogP contribution < -0.4 is 4.74 Å². The highest BCUT2D eigenvalue weighted by molar-refractivity contribution is 5.65. The maximum Gasteiger partial charge on any atom is 0.127 e. The number of methoxy groups -OCH3 is 1. The van der Waals surface area contributed by atoms with Crippen molar-refractivity contribution in [3.05, 3.63) is 54.1 Å². The van der Waals surface area contributed by atoms with Gasteiger partial charge in [0.15, 0.2) is 0 Å². The Kier molecular flexibility index (Phi) is 3.25. The second-order valence-electron chi connectivity index (χ2n) is 3.70. The fourth-order valence-electron chi connectivity index (χ4n) is 1.67. The topological polar surface area (TPSA) is 9.23 Å². The zero-order chi connectivity index (χ0) is 11.4. The number of hydrogen-bond donors (Lipinski definition) is 0. The smallest absolute Gasteiger partial charge is 0.127 e. The van der Waals surface area contributed by atoms with Crippen molar-refractivity contribution in [1.82, 2.24) is 0 Å². The molecule has 1 heteroatoms. The first-order valence-electron chi connectivity index (χ1n) is 5.48. The van der Waals surface area contributed by atoms with Crippen LogP contribution in [0.25, 0.3) is 11.1 Å². The molecular formula is C15H15O. The van der Waals surface area contributed by atoms with Gasteiger partial charge in [-0.25, -0.2) is 0 Å². The third kappa shape index (κ3) is 2.25. The quantitative estimate of drug-likeness (QED) is 0.751. The summed E-state index contributed by atoms with van der Waals surface area (Å²) in [5, 5.41) is 0. The summed E-state index contributed by atoms with van der Waals surface area (Å²) in [6.45, 7) is 2.16. The third-order valence-electron chi connectivity index (χ3n) is 2.69. The van der Waals surface area contributed by atoms with E-state index in [4.69, 9.17) is 4.74 Å². The summed E-state index contributed by atoms with van der Waals surface area (Å²) >= 11 is 0. The molecule has 0 aromatic heterocycles. The third-order valence-corrected chi connectivity index (χ3v) is 2.69. The second-order valence-corrected chi connectivity index (χ2v) is 3.70. The number of ether oxygens (including phenoxy) is 1. The Labute approximate surface area is 96.7 Å². The van der Waals surface area contributed by atoms with E-state index in [0.717, 1.165) is 12.2 Å². The van der Waals surface area contributed by atoms with Gasteiger partial charge in [0.1, 0.15) is 5.75 Å². The Balaban J connectivity index is 2.34. The van der Waals surface area contributed by atoms with Gasteiger partial charge in [-0.05, 0) is 35.2 Å². The lowest BCUT2D eigenvalue weighted by Crippen LogP contribution is -1.85. The van der Waals surface area contributed by atoms with Crippen molar-refractivity contribution in [3.8, 4) is 16.9 Å². The van der Waals surface area contributed by atoms with Gasteiger partial charge in [0.2, 0.25) is 0 Å². The fourth-order valence-corrected chi connectivity index (χ4v) is 1.67. The van der Waals surface area contributed by atoms with Gasteiger partial charge in [0.05, 0.1) is 7.11 Å². The van der Waals surface area contributed by atoms with Gasteiger partial charge < -0.3 is 4.74 Å². The molecule has 2 aromatic carbocycles. The zero-order valence-electron chi connectivity index (χ0n) is 9.66. The minimum absolute atomic E-state index is 0.775. The number of aryl methyl sites for hydroxylation is 1. The molecule has 0 saturated carbocycles. The first-order chi connectivity index (χ1) is 7.83. The van der Waals surface area contributed by atoms with Crippen molar-refractivity contribution in [2.45, 2.75) is 13.3 Å². The van der Waals surface area contributed by atoms with E-state index < -0.39 is 0 Å². The number of hydrogen-bond acceptors (Lipinski definition) is 1. The van der Waals surface area contributed by atoms with E-state index in [2.05, 4.69) is 37.3 Å². The Morgan fingerprint density at radius 1 is 1.06 bits per heavy atom. The van der Waals surface area contributed by atoms with Crippen molar-refractivity contribution in [1.29, 1.82) is 0 Å². The molecule has 16 heavy (non-hydrogen) atoms. The van der Waals surface area contributed by atoms with Crippen LogP contribution in [0.1, 0.15) is 12.5 Å². The highest BCUT2D eigenvalue weighted by Gasteiger charge is 1.99. The predicted octanol–water partition coefficient (Wildman–Crippen LogP) is 3.72. The molecule has 0 unspecified atom stereocenters. The molecule has 0 atom stereocenters. The lowest BCUT2D eigenvalue weighted by Gasteiger charge is -2.05. The first kappa shape index (κ1) is 10.7. The molecule has 0 heterocycles. The average molecular weight is 211 g/mol. The molecule has 1 radical (unpaired) electrons. The van der Waals surface area contributed by atoms with Crippen LogP contribution in [0.4, 0.5) is 0 Å².